The number of methoxy groups -OCH3 is 1. The van der Waals surface area contributed by atoms with Crippen LogP contribution in [0, 0.1) is 11.6 Å². The Morgan fingerprint density at radius 1 is 1.13 bits per heavy atom. The molecule has 122 valence electrons. The average molecular weight is 321 g/mol. The molecule has 0 aliphatic carbocycles. The van der Waals surface area contributed by atoms with Crippen molar-refractivity contribution in [3.63, 3.8) is 0 Å². The number of rotatable bonds is 6. The second-order valence-electron chi connectivity index (χ2n) is 4.96. The molecule has 0 fully saturated rings. The number of halogens is 2. The number of benzene rings is 2. The summed E-state index contributed by atoms with van der Waals surface area (Å²) in [5, 5.41) is 12.5. The van der Waals surface area contributed by atoms with Crippen LogP contribution in [0.15, 0.2) is 48.5 Å². The smallest absolute Gasteiger partial charge is 0.253 e. The highest BCUT2D eigenvalue weighted by atomic mass is 19.2. The molecule has 0 spiro atoms. The molecule has 23 heavy (non-hydrogen) atoms. The standard InChI is InChI=1S/C17H17F2NO3/c1-23-16(11-5-3-2-4-6-11)17(22)20-10-15(21)12-7-8-13(18)14(19)9-12/h2-9,15-16,21H,10H2,1H3,(H,20,22). The van der Waals surface area contributed by atoms with Crippen LogP contribution >= 0.6 is 0 Å². The molecule has 0 heterocycles. The van der Waals surface area contributed by atoms with Crippen LogP contribution in [0.25, 0.3) is 0 Å². The van der Waals surface area contributed by atoms with Crippen LogP contribution in [0.4, 0.5) is 8.78 Å². The van der Waals surface area contributed by atoms with E-state index in [1.54, 1.807) is 24.3 Å². The molecule has 2 aromatic rings. The lowest BCUT2D eigenvalue weighted by molar-refractivity contribution is -0.131. The molecule has 0 aliphatic heterocycles. The van der Waals surface area contributed by atoms with Gasteiger partial charge in [-0.3, -0.25) is 4.79 Å². The van der Waals surface area contributed by atoms with Crippen molar-refractivity contribution in [3.05, 3.63) is 71.3 Å². The van der Waals surface area contributed by atoms with Gasteiger partial charge in [-0.25, -0.2) is 8.78 Å². The van der Waals surface area contributed by atoms with E-state index < -0.39 is 29.7 Å². The van der Waals surface area contributed by atoms with Crippen LogP contribution in [0.2, 0.25) is 0 Å². The van der Waals surface area contributed by atoms with Gasteiger partial charge in [-0.1, -0.05) is 36.4 Å². The van der Waals surface area contributed by atoms with E-state index in [0.717, 1.165) is 12.1 Å². The molecule has 2 N–H and O–H groups in total. The molecular weight excluding hydrogens is 304 g/mol. The van der Waals surface area contributed by atoms with Crippen molar-refractivity contribution in [1.29, 1.82) is 0 Å². The third-order valence-electron chi connectivity index (χ3n) is 3.37. The fourth-order valence-electron chi connectivity index (χ4n) is 2.15. The van der Waals surface area contributed by atoms with Crippen LogP contribution in [0.1, 0.15) is 23.3 Å². The molecular formula is C17H17F2NO3. The maximum absolute atomic E-state index is 13.1. The van der Waals surface area contributed by atoms with Gasteiger partial charge in [0.1, 0.15) is 0 Å². The summed E-state index contributed by atoms with van der Waals surface area (Å²) in [6.45, 7) is -0.142. The second kappa shape index (κ2) is 7.80. The van der Waals surface area contributed by atoms with Gasteiger partial charge in [0.05, 0.1) is 6.10 Å². The highest BCUT2D eigenvalue weighted by Crippen LogP contribution is 2.18. The fourth-order valence-corrected chi connectivity index (χ4v) is 2.15. The summed E-state index contributed by atoms with van der Waals surface area (Å²) in [6, 6.07) is 12.0. The Hall–Kier alpha value is -2.31. The number of hydrogen-bond acceptors (Lipinski definition) is 3. The lowest BCUT2D eigenvalue weighted by Gasteiger charge is -2.18. The van der Waals surface area contributed by atoms with Gasteiger partial charge in [-0.05, 0) is 23.3 Å². The first-order chi connectivity index (χ1) is 11.0. The Morgan fingerprint density at radius 3 is 2.43 bits per heavy atom. The quantitative estimate of drug-likeness (QED) is 0.859. The zero-order valence-corrected chi connectivity index (χ0v) is 12.5. The van der Waals surface area contributed by atoms with E-state index in [-0.39, 0.29) is 12.1 Å². The van der Waals surface area contributed by atoms with E-state index in [9.17, 15) is 18.7 Å². The summed E-state index contributed by atoms with van der Waals surface area (Å²) in [5.41, 5.74) is 0.854. The molecule has 0 aliphatic rings. The van der Waals surface area contributed by atoms with Crippen molar-refractivity contribution in [3.8, 4) is 0 Å². The SMILES string of the molecule is COC(C(=O)NCC(O)c1ccc(F)c(F)c1)c1ccccc1. The van der Waals surface area contributed by atoms with Crippen molar-refractivity contribution < 1.29 is 23.4 Å². The number of nitrogens with one attached hydrogen (secondary N) is 1. The maximum atomic E-state index is 13.1. The summed E-state index contributed by atoms with van der Waals surface area (Å²) < 4.78 is 31.2. The molecule has 6 heteroatoms. The highest BCUT2D eigenvalue weighted by Gasteiger charge is 2.21. The Balaban J connectivity index is 1.98. The topological polar surface area (TPSA) is 58.6 Å². The molecule has 0 saturated carbocycles. The lowest BCUT2D eigenvalue weighted by atomic mass is 10.1. The number of aliphatic hydroxyl groups is 1. The largest absolute Gasteiger partial charge is 0.387 e. The fraction of sp³-hybridized carbons (Fsp3) is 0.235. The lowest BCUT2D eigenvalue weighted by Crippen LogP contribution is -2.33. The van der Waals surface area contributed by atoms with Gasteiger partial charge in [-0.2, -0.15) is 0 Å². The van der Waals surface area contributed by atoms with E-state index >= 15 is 0 Å². The van der Waals surface area contributed by atoms with Gasteiger partial charge < -0.3 is 15.2 Å². The zero-order valence-electron chi connectivity index (χ0n) is 12.5. The minimum atomic E-state index is -1.15. The van der Waals surface area contributed by atoms with Crippen molar-refractivity contribution in [2.45, 2.75) is 12.2 Å². The Labute approximate surface area is 132 Å². The van der Waals surface area contributed by atoms with E-state index in [0.29, 0.717) is 5.56 Å². The van der Waals surface area contributed by atoms with Gasteiger partial charge in [-0.15, -0.1) is 0 Å². The van der Waals surface area contributed by atoms with Crippen molar-refractivity contribution in [2.24, 2.45) is 0 Å². The number of ether oxygens (including phenoxy) is 1. The molecule has 2 unspecified atom stereocenters. The van der Waals surface area contributed by atoms with Crippen LogP contribution < -0.4 is 5.32 Å². The third-order valence-corrected chi connectivity index (χ3v) is 3.37. The van der Waals surface area contributed by atoms with Gasteiger partial charge in [0.15, 0.2) is 17.7 Å². The normalized spacial score (nSPS) is 13.4. The monoisotopic (exact) mass is 321 g/mol. The number of carbonyl (C=O) groups excluding carboxylic acids is 1. The molecule has 4 nitrogen and oxygen atoms in total. The minimum Gasteiger partial charge on any atom is -0.387 e. The van der Waals surface area contributed by atoms with Gasteiger partial charge >= 0.3 is 0 Å². The molecule has 2 atom stereocenters. The third kappa shape index (κ3) is 4.34. The zero-order chi connectivity index (χ0) is 16.8. The molecule has 0 aromatic heterocycles. The minimum absolute atomic E-state index is 0.142. The summed E-state index contributed by atoms with van der Waals surface area (Å²) in [6.07, 6.45) is -1.96. The Morgan fingerprint density at radius 2 is 1.83 bits per heavy atom. The molecule has 2 rings (SSSR count). The van der Waals surface area contributed by atoms with Crippen LogP contribution in [0.5, 0.6) is 0 Å². The summed E-state index contributed by atoms with van der Waals surface area (Å²) >= 11 is 0. The molecule has 0 radical (unpaired) electrons. The second-order valence-corrected chi connectivity index (χ2v) is 4.96. The Kier molecular flexibility index (Phi) is 5.78. The predicted molar refractivity (Wildman–Crippen MR) is 80.5 cm³/mol. The molecule has 0 saturated heterocycles. The van der Waals surface area contributed by atoms with E-state index in [1.165, 1.54) is 13.2 Å². The summed E-state index contributed by atoms with van der Waals surface area (Å²) in [4.78, 5) is 12.2. The molecule has 2 aromatic carbocycles. The van der Waals surface area contributed by atoms with Gasteiger partial charge in [0.2, 0.25) is 0 Å². The van der Waals surface area contributed by atoms with Crippen LogP contribution in [-0.2, 0) is 9.53 Å². The van der Waals surface area contributed by atoms with Crippen LogP contribution in [-0.4, -0.2) is 24.7 Å². The van der Waals surface area contributed by atoms with Crippen molar-refractivity contribution in [1.82, 2.24) is 5.32 Å². The number of carbonyl (C=O) groups is 1. The molecule has 0 bridgehead atoms. The van der Waals surface area contributed by atoms with Crippen molar-refractivity contribution >= 4 is 5.91 Å². The first kappa shape index (κ1) is 17.1. The summed E-state index contributed by atoms with van der Waals surface area (Å²) in [5.74, 6) is -2.47. The first-order valence-electron chi connectivity index (χ1n) is 7.01. The van der Waals surface area contributed by atoms with Crippen LogP contribution in [0.3, 0.4) is 0 Å². The summed E-state index contributed by atoms with van der Waals surface area (Å²) in [7, 11) is 1.41. The highest BCUT2D eigenvalue weighted by molar-refractivity contribution is 5.82. The van der Waals surface area contributed by atoms with E-state index in [1.807, 2.05) is 6.07 Å². The predicted octanol–water partition coefficient (Wildman–Crippen LogP) is 2.50. The number of hydrogen-bond donors (Lipinski definition) is 2. The van der Waals surface area contributed by atoms with E-state index in [4.69, 9.17) is 4.74 Å². The first-order valence-corrected chi connectivity index (χ1v) is 7.01. The maximum Gasteiger partial charge on any atom is 0.253 e. The number of aliphatic hydroxyl groups excluding tert-OH is 1. The van der Waals surface area contributed by atoms with Crippen molar-refractivity contribution in [2.75, 3.05) is 13.7 Å². The number of amides is 1. The Bertz CT molecular complexity index is 664. The van der Waals surface area contributed by atoms with Gasteiger partial charge in [0, 0.05) is 13.7 Å². The van der Waals surface area contributed by atoms with E-state index in [2.05, 4.69) is 5.32 Å². The van der Waals surface area contributed by atoms with Gasteiger partial charge in [0.25, 0.3) is 5.91 Å². The average Bonchev–Trinajstić information content (AvgIpc) is 2.57. The molecule has 1 amide bonds.